The number of aromatic amines is 1. The van der Waals surface area contributed by atoms with Crippen molar-refractivity contribution in [2.75, 3.05) is 11.5 Å². The van der Waals surface area contributed by atoms with E-state index in [1.54, 1.807) is 0 Å². The second kappa shape index (κ2) is 8.35. The molecule has 0 aromatic carbocycles. The van der Waals surface area contributed by atoms with Gasteiger partial charge in [0.15, 0.2) is 11.9 Å². The standard InChI is InChI=1S/C19H26N4O5S2/c1-8(2)10-5-4-9(3)6-11(10)27-16(25)17-28-12(7-29-17)23-14-13(30-19(23)26)15(24)22-18(20)21-14/h8-12,17H,4-7H2,1-3H3,(H3,20,21,22,24)/t9-,10+,11-,12+,17+/m1/s1. The molecule has 164 valence electrons. The lowest BCUT2D eigenvalue weighted by atomic mass is 9.75. The van der Waals surface area contributed by atoms with Crippen LogP contribution in [0.3, 0.4) is 0 Å². The molecule has 2 aliphatic rings. The molecular weight excluding hydrogens is 428 g/mol. The van der Waals surface area contributed by atoms with Crippen LogP contribution in [0.1, 0.15) is 46.3 Å². The van der Waals surface area contributed by atoms with Crippen molar-refractivity contribution in [3.8, 4) is 0 Å². The number of thiazole rings is 1. The second-order valence-corrected chi connectivity index (χ2v) is 10.5. The summed E-state index contributed by atoms with van der Waals surface area (Å²) < 4.78 is 13.2. The van der Waals surface area contributed by atoms with E-state index in [-0.39, 0.29) is 27.3 Å². The maximum atomic E-state index is 12.8. The van der Waals surface area contributed by atoms with Crippen LogP contribution in [0, 0.1) is 17.8 Å². The zero-order chi connectivity index (χ0) is 21.6. The molecule has 2 fully saturated rings. The van der Waals surface area contributed by atoms with E-state index in [1.165, 1.54) is 16.3 Å². The minimum atomic E-state index is -0.818. The maximum absolute atomic E-state index is 12.8. The molecule has 0 amide bonds. The highest BCUT2D eigenvalue weighted by molar-refractivity contribution is 8.00. The quantitative estimate of drug-likeness (QED) is 0.673. The topological polar surface area (TPSA) is 129 Å². The number of anilines is 1. The van der Waals surface area contributed by atoms with Crippen molar-refractivity contribution in [1.29, 1.82) is 0 Å². The van der Waals surface area contributed by atoms with Crippen LogP contribution in [0.15, 0.2) is 9.59 Å². The van der Waals surface area contributed by atoms with Crippen molar-refractivity contribution in [3.63, 3.8) is 0 Å². The molecule has 9 nitrogen and oxygen atoms in total. The number of aromatic nitrogens is 3. The molecule has 1 aliphatic heterocycles. The summed E-state index contributed by atoms with van der Waals surface area (Å²) in [6.45, 7) is 6.50. The largest absolute Gasteiger partial charge is 0.459 e. The summed E-state index contributed by atoms with van der Waals surface area (Å²) in [5, 5.41) is 0. The lowest BCUT2D eigenvalue weighted by molar-refractivity contribution is -0.166. The van der Waals surface area contributed by atoms with Gasteiger partial charge in [-0.05, 0) is 30.6 Å². The van der Waals surface area contributed by atoms with E-state index in [2.05, 4.69) is 30.7 Å². The van der Waals surface area contributed by atoms with Crippen molar-refractivity contribution in [3.05, 3.63) is 20.0 Å². The number of nitrogens with one attached hydrogen (secondary N) is 1. The second-order valence-electron chi connectivity index (χ2n) is 8.40. The third-order valence-corrected chi connectivity index (χ3v) is 7.90. The number of hydrogen-bond acceptors (Lipinski definition) is 9. The summed E-state index contributed by atoms with van der Waals surface area (Å²) in [7, 11) is 0. The van der Waals surface area contributed by atoms with Gasteiger partial charge in [-0.3, -0.25) is 19.1 Å². The SMILES string of the molecule is CC(C)[C@@H]1CC[C@@H](C)C[C@H]1OC(=O)[C@H]1O[C@H](n2c(=O)sc3c(=O)[nH]c(N)nc32)CS1. The number of nitrogens with zero attached hydrogens (tertiary/aromatic N) is 2. The number of H-pyrrole nitrogens is 1. The molecule has 3 N–H and O–H groups in total. The first-order valence-electron chi connectivity index (χ1n) is 10.1. The number of rotatable bonds is 4. The summed E-state index contributed by atoms with van der Waals surface area (Å²) in [5.41, 5.74) is 4.52. The highest BCUT2D eigenvalue weighted by Crippen LogP contribution is 2.38. The first-order chi connectivity index (χ1) is 14.2. The molecule has 0 bridgehead atoms. The van der Waals surface area contributed by atoms with Crippen molar-refractivity contribution in [1.82, 2.24) is 14.5 Å². The van der Waals surface area contributed by atoms with Gasteiger partial charge in [-0.2, -0.15) is 4.98 Å². The Balaban J connectivity index is 1.50. The number of nitrogen functional groups attached to an aromatic ring is 1. The van der Waals surface area contributed by atoms with Gasteiger partial charge in [0.25, 0.3) is 5.56 Å². The van der Waals surface area contributed by atoms with Gasteiger partial charge in [0.05, 0.1) is 0 Å². The van der Waals surface area contributed by atoms with E-state index in [4.69, 9.17) is 15.2 Å². The van der Waals surface area contributed by atoms with Gasteiger partial charge in [-0.15, -0.1) is 11.8 Å². The molecule has 1 aliphatic carbocycles. The molecule has 0 spiro atoms. The van der Waals surface area contributed by atoms with Gasteiger partial charge in [-0.1, -0.05) is 38.5 Å². The minimum Gasteiger partial charge on any atom is -0.459 e. The van der Waals surface area contributed by atoms with Gasteiger partial charge < -0.3 is 15.2 Å². The predicted molar refractivity (Wildman–Crippen MR) is 117 cm³/mol. The third kappa shape index (κ3) is 4.02. The fourth-order valence-corrected chi connectivity index (χ4v) is 6.13. The molecule has 2 aromatic heterocycles. The zero-order valence-corrected chi connectivity index (χ0v) is 18.8. The highest BCUT2D eigenvalue weighted by Gasteiger charge is 2.39. The molecule has 2 aromatic rings. The normalized spacial score (nSPS) is 29.5. The average molecular weight is 455 g/mol. The molecule has 30 heavy (non-hydrogen) atoms. The molecule has 0 unspecified atom stereocenters. The van der Waals surface area contributed by atoms with Gasteiger partial charge in [0, 0.05) is 5.75 Å². The summed E-state index contributed by atoms with van der Waals surface area (Å²) in [6, 6.07) is 0. The van der Waals surface area contributed by atoms with Crippen molar-refractivity contribution >= 4 is 45.4 Å². The number of thioether (sulfide) groups is 1. The maximum Gasteiger partial charge on any atom is 0.346 e. The number of esters is 1. The van der Waals surface area contributed by atoms with Crippen LogP contribution in [0.5, 0.6) is 0 Å². The smallest absolute Gasteiger partial charge is 0.346 e. The summed E-state index contributed by atoms with van der Waals surface area (Å²) in [6.07, 6.45) is 2.23. The van der Waals surface area contributed by atoms with Crippen molar-refractivity contribution < 1.29 is 14.3 Å². The molecule has 1 saturated heterocycles. The Morgan fingerprint density at radius 3 is 2.87 bits per heavy atom. The van der Waals surface area contributed by atoms with E-state index in [9.17, 15) is 14.4 Å². The van der Waals surface area contributed by atoms with Gasteiger partial charge in [0.1, 0.15) is 10.8 Å². The lowest BCUT2D eigenvalue weighted by Crippen LogP contribution is -2.38. The summed E-state index contributed by atoms with van der Waals surface area (Å²) >= 11 is 2.07. The molecule has 3 heterocycles. The van der Waals surface area contributed by atoms with Gasteiger partial charge in [0.2, 0.25) is 11.4 Å². The fourth-order valence-electron chi connectivity index (χ4n) is 4.30. The Labute approximate surface area is 181 Å². The molecule has 4 rings (SSSR count). The van der Waals surface area contributed by atoms with E-state index in [0.717, 1.165) is 30.6 Å². The first-order valence-corrected chi connectivity index (χ1v) is 12.0. The van der Waals surface area contributed by atoms with E-state index >= 15 is 0 Å². The number of fused-ring (bicyclic) bond motifs is 1. The van der Waals surface area contributed by atoms with Crippen molar-refractivity contribution in [2.24, 2.45) is 17.8 Å². The average Bonchev–Trinajstić information content (AvgIpc) is 3.25. The summed E-state index contributed by atoms with van der Waals surface area (Å²) in [4.78, 5) is 43.4. The number of carbonyl (C=O) groups excluding carboxylic acids is 1. The van der Waals surface area contributed by atoms with Gasteiger partial charge in [-0.25, -0.2) is 4.79 Å². The van der Waals surface area contributed by atoms with Crippen LogP contribution >= 0.6 is 23.1 Å². The van der Waals surface area contributed by atoms with Crippen LogP contribution in [0.2, 0.25) is 0 Å². The predicted octanol–water partition coefficient (Wildman–Crippen LogP) is 2.32. The molecule has 1 saturated carbocycles. The molecule has 5 atom stereocenters. The van der Waals surface area contributed by atoms with Crippen LogP contribution in [-0.4, -0.2) is 37.8 Å². The lowest BCUT2D eigenvalue weighted by Gasteiger charge is -2.37. The Hall–Kier alpha value is -1.85. The third-order valence-electron chi connectivity index (χ3n) is 5.87. The molecule has 0 radical (unpaired) electrons. The molecule has 11 heteroatoms. The number of hydrogen-bond donors (Lipinski definition) is 2. The number of ether oxygens (including phenoxy) is 2. The van der Waals surface area contributed by atoms with Crippen LogP contribution in [0.25, 0.3) is 10.3 Å². The molecular formula is C19H26N4O5S2. The highest BCUT2D eigenvalue weighted by atomic mass is 32.2. The first kappa shape index (κ1) is 21.4. The van der Waals surface area contributed by atoms with E-state index in [1.807, 2.05) is 0 Å². The number of nitrogens with two attached hydrogens (primary N) is 1. The van der Waals surface area contributed by atoms with Crippen LogP contribution < -0.4 is 16.2 Å². The Morgan fingerprint density at radius 2 is 2.13 bits per heavy atom. The van der Waals surface area contributed by atoms with E-state index in [0.29, 0.717) is 23.5 Å². The number of carbonyl (C=O) groups is 1. The Kier molecular flexibility index (Phi) is 5.95. The van der Waals surface area contributed by atoms with Crippen molar-refractivity contribution in [2.45, 2.75) is 57.8 Å². The van der Waals surface area contributed by atoms with Crippen LogP contribution in [-0.2, 0) is 14.3 Å². The minimum absolute atomic E-state index is 0.0770. The fraction of sp³-hybridized carbons (Fsp3) is 0.684. The van der Waals surface area contributed by atoms with Crippen LogP contribution in [0.4, 0.5) is 5.95 Å². The van der Waals surface area contributed by atoms with Gasteiger partial charge >= 0.3 is 10.8 Å². The zero-order valence-electron chi connectivity index (χ0n) is 17.1. The summed E-state index contributed by atoms with van der Waals surface area (Å²) in [5.74, 6) is 1.18. The Bertz CT molecular complexity index is 1060. The van der Waals surface area contributed by atoms with E-state index < -0.39 is 23.2 Å². The monoisotopic (exact) mass is 454 g/mol. The Morgan fingerprint density at radius 1 is 1.37 bits per heavy atom.